The van der Waals surface area contributed by atoms with E-state index in [1.807, 2.05) is 0 Å². The van der Waals surface area contributed by atoms with Crippen molar-refractivity contribution in [1.82, 2.24) is 10.6 Å². The van der Waals surface area contributed by atoms with Crippen LogP contribution in [0.1, 0.15) is 44.6 Å². The molecule has 1 saturated heterocycles. The van der Waals surface area contributed by atoms with Crippen LogP contribution in [0.15, 0.2) is 0 Å². The largest absolute Gasteiger partial charge is 0.317 e. The smallest absolute Gasteiger partial charge is 0.0391 e. The van der Waals surface area contributed by atoms with Crippen LogP contribution >= 0.6 is 0 Å². The second-order valence-corrected chi connectivity index (χ2v) is 5.14. The summed E-state index contributed by atoms with van der Waals surface area (Å²) < 4.78 is 21.7. The molecule has 1 aliphatic heterocycles. The van der Waals surface area contributed by atoms with Gasteiger partial charge in [-0.2, -0.15) is 0 Å². The Morgan fingerprint density at radius 1 is 1.25 bits per heavy atom. The fraction of sp³-hybridized carbons (Fsp3) is 1.00. The van der Waals surface area contributed by atoms with Gasteiger partial charge in [-0.05, 0) is 47.5 Å². The molecule has 1 rings (SSSR count). The van der Waals surface area contributed by atoms with Crippen LogP contribution in [0.2, 0.25) is 0 Å². The molecule has 12 heavy (non-hydrogen) atoms. The molecule has 0 aromatic heterocycles. The Hall–Kier alpha value is -0.0800. The van der Waals surface area contributed by atoms with Crippen LogP contribution in [0.4, 0.5) is 0 Å². The van der Waals surface area contributed by atoms with E-state index in [1.54, 1.807) is 0 Å². The van der Waals surface area contributed by atoms with Crippen molar-refractivity contribution in [2.75, 3.05) is 6.98 Å². The quantitative estimate of drug-likeness (QED) is 0.628. The Labute approximate surface area is 80.3 Å². The van der Waals surface area contributed by atoms with E-state index in [4.69, 9.17) is 4.11 Å². The van der Waals surface area contributed by atoms with E-state index in [9.17, 15) is 0 Å². The van der Waals surface area contributed by atoms with E-state index in [0.29, 0.717) is 0 Å². The van der Waals surface area contributed by atoms with Gasteiger partial charge in [-0.3, -0.25) is 0 Å². The van der Waals surface area contributed by atoms with Crippen LogP contribution in [0.25, 0.3) is 0 Å². The highest BCUT2D eigenvalue weighted by molar-refractivity contribution is 4.98. The van der Waals surface area contributed by atoms with E-state index in [1.165, 1.54) is 0 Å². The predicted octanol–water partition coefficient (Wildman–Crippen LogP) is 1.51. The Morgan fingerprint density at radius 2 is 1.75 bits per heavy atom. The van der Waals surface area contributed by atoms with Crippen molar-refractivity contribution < 1.29 is 4.11 Å². The zero-order chi connectivity index (χ0) is 11.9. The summed E-state index contributed by atoms with van der Waals surface area (Å²) in [6, 6.07) is 0.0590. The normalized spacial score (nSPS) is 33.5. The monoisotopic (exact) mass is 173 g/mol. The minimum Gasteiger partial charge on any atom is -0.317 e. The molecule has 72 valence electrons. The summed E-state index contributed by atoms with van der Waals surface area (Å²) in [4.78, 5) is 0. The molecule has 1 aliphatic rings. The Bertz CT molecular complexity index is 215. The molecular formula is C10H22N2. The van der Waals surface area contributed by atoms with Gasteiger partial charge in [0.15, 0.2) is 0 Å². The molecule has 0 saturated carbocycles. The molecule has 0 unspecified atom stereocenters. The Kier molecular flexibility index (Phi) is 1.60. The lowest BCUT2D eigenvalue weighted by atomic mass is 9.80. The topological polar surface area (TPSA) is 24.1 Å². The number of piperidine rings is 1. The van der Waals surface area contributed by atoms with Gasteiger partial charge in [0.1, 0.15) is 0 Å². The second-order valence-electron chi connectivity index (χ2n) is 5.14. The van der Waals surface area contributed by atoms with Gasteiger partial charge in [-0.25, -0.2) is 0 Å². The minimum atomic E-state index is -2.03. The van der Waals surface area contributed by atoms with Crippen molar-refractivity contribution in [3.05, 3.63) is 0 Å². The lowest BCUT2D eigenvalue weighted by molar-refractivity contribution is 0.150. The third-order valence-corrected chi connectivity index (χ3v) is 2.39. The summed E-state index contributed by atoms with van der Waals surface area (Å²) in [5.41, 5.74) is -0.0185. The third-order valence-electron chi connectivity index (χ3n) is 2.39. The fourth-order valence-corrected chi connectivity index (χ4v) is 2.42. The van der Waals surface area contributed by atoms with Crippen molar-refractivity contribution in [3.63, 3.8) is 0 Å². The van der Waals surface area contributed by atoms with Gasteiger partial charge in [-0.1, -0.05) is 0 Å². The molecule has 0 spiro atoms. The van der Waals surface area contributed by atoms with E-state index >= 15 is 0 Å². The van der Waals surface area contributed by atoms with Crippen LogP contribution in [0.5, 0.6) is 0 Å². The maximum absolute atomic E-state index is 7.23. The molecule has 0 atom stereocenters. The molecule has 0 radical (unpaired) electrons. The molecule has 2 N–H and O–H groups in total. The van der Waals surface area contributed by atoms with Crippen molar-refractivity contribution in [2.24, 2.45) is 0 Å². The first-order chi connectivity index (χ1) is 6.49. The maximum Gasteiger partial charge on any atom is 0.0391 e. The molecule has 0 bridgehead atoms. The SMILES string of the molecule is [2H]C([2H])([2H])NC1CC(C)(C)NC(C)(C)C1. The number of hydrogen-bond acceptors (Lipinski definition) is 2. The van der Waals surface area contributed by atoms with Crippen molar-refractivity contribution in [1.29, 1.82) is 0 Å². The van der Waals surface area contributed by atoms with Crippen LogP contribution in [-0.2, 0) is 0 Å². The summed E-state index contributed by atoms with van der Waals surface area (Å²) in [6.07, 6.45) is 1.68. The fourth-order valence-electron chi connectivity index (χ4n) is 2.42. The summed E-state index contributed by atoms with van der Waals surface area (Å²) in [6.45, 7) is 6.42. The van der Waals surface area contributed by atoms with Crippen LogP contribution in [-0.4, -0.2) is 24.1 Å². The summed E-state index contributed by atoms with van der Waals surface area (Å²) >= 11 is 0. The first kappa shape index (κ1) is 6.39. The number of hydrogen-bond donors (Lipinski definition) is 2. The highest BCUT2D eigenvalue weighted by atomic mass is 15.1. The molecule has 2 heteroatoms. The number of rotatable bonds is 1. The van der Waals surface area contributed by atoms with Crippen LogP contribution in [0, 0.1) is 0 Å². The lowest BCUT2D eigenvalue weighted by Gasteiger charge is -2.46. The van der Waals surface area contributed by atoms with Gasteiger partial charge < -0.3 is 10.6 Å². The lowest BCUT2D eigenvalue weighted by Crippen LogP contribution is -2.61. The molecule has 0 aliphatic carbocycles. The Morgan fingerprint density at radius 3 is 2.17 bits per heavy atom. The first-order valence-corrected chi connectivity index (χ1v) is 4.56. The molecule has 2 nitrogen and oxygen atoms in total. The third kappa shape index (κ3) is 2.46. The van der Waals surface area contributed by atoms with Gasteiger partial charge in [0, 0.05) is 21.2 Å². The molecule has 0 amide bonds. The van der Waals surface area contributed by atoms with Gasteiger partial charge in [0.25, 0.3) is 0 Å². The molecule has 1 fully saturated rings. The second kappa shape index (κ2) is 3.00. The maximum atomic E-state index is 7.23. The van der Waals surface area contributed by atoms with Crippen molar-refractivity contribution in [2.45, 2.75) is 57.7 Å². The average Bonchev–Trinajstić information content (AvgIpc) is 1.70. The Balaban J connectivity index is 2.68. The van der Waals surface area contributed by atoms with Gasteiger partial charge >= 0.3 is 0 Å². The summed E-state index contributed by atoms with van der Waals surface area (Å²) in [5.74, 6) is 0. The van der Waals surface area contributed by atoms with E-state index < -0.39 is 6.98 Å². The zero-order valence-corrected chi connectivity index (χ0v) is 8.49. The average molecular weight is 173 g/mol. The highest BCUT2D eigenvalue weighted by Gasteiger charge is 2.36. The zero-order valence-electron chi connectivity index (χ0n) is 11.5. The minimum absolute atomic E-state index is 0.00926. The van der Waals surface area contributed by atoms with E-state index in [-0.39, 0.29) is 17.1 Å². The van der Waals surface area contributed by atoms with Gasteiger partial charge in [0.2, 0.25) is 0 Å². The first-order valence-electron chi connectivity index (χ1n) is 6.06. The molecule has 0 aromatic carbocycles. The number of nitrogens with one attached hydrogen (secondary N) is 2. The molecular weight excluding hydrogens is 148 g/mol. The van der Waals surface area contributed by atoms with Crippen LogP contribution in [0.3, 0.4) is 0 Å². The molecule has 0 aromatic rings. The summed E-state index contributed by atoms with van der Waals surface area (Å²) in [7, 11) is 0. The van der Waals surface area contributed by atoms with Gasteiger partial charge in [0.05, 0.1) is 0 Å². The highest BCUT2D eigenvalue weighted by Crippen LogP contribution is 2.27. The van der Waals surface area contributed by atoms with Crippen LogP contribution < -0.4 is 10.6 Å². The molecule has 1 heterocycles. The standard InChI is InChI=1S/C10H22N2/c1-9(2)6-8(11-5)7-10(3,4)12-9/h8,11-12H,6-7H2,1-5H3/i5D3. The van der Waals surface area contributed by atoms with E-state index in [2.05, 4.69) is 38.3 Å². The van der Waals surface area contributed by atoms with Crippen molar-refractivity contribution in [3.8, 4) is 0 Å². The van der Waals surface area contributed by atoms with Gasteiger partial charge in [-0.15, -0.1) is 0 Å². The van der Waals surface area contributed by atoms with E-state index in [0.717, 1.165) is 12.8 Å². The summed E-state index contributed by atoms with van der Waals surface area (Å²) in [5, 5.41) is 6.25. The van der Waals surface area contributed by atoms with Crippen molar-refractivity contribution >= 4 is 0 Å². The predicted molar refractivity (Wildman–Crippen MR) is 53.4 cm³/mol.